The molecule has 0 saturated heterocycles. The highest BCUT2D eigenvalue weighted by molar-refractivity contribution is 5.19. The van der Waals surface area contributed by atoms with E-state index in [-0.39, 0.29) is 6.10 Å². The summed E-state index contributed by atoms with van der Waals surface area (Å²) in [4.78, 5) is 8.03. The van der Waals surface area contributed by atoms with Crippen LogP contribution in [-0.4, -0.2) is 16.1 Å². The van der Waals surface area contributed by atoms with Crippen LogP contribution >= 0.6 is 0 Å². The van der Waals surface area contributed by atoms with Gasteiger partial charge in [-0.2, -0.15) is 10.2 Å². The first-order chi connectivity index (χ1) is 7.78. The van der Waals surface area contributed by atoms with Crippen LogP contribution in [0.4, 0.5) is 0 Å². The van der Waals surface area contributed by atoms with E-state index in [1.165, 1.54) is 12.8 Å². The summed E-state index contributed by atoms with van der Waals surface area (Å²) in [5.74, 6) is 0.797. The van der Waals surface area contributed by atoms with Crippen LogP contribution in [0.5, 0.6) is 6.01 Å². The normalized spacial score (nSPS) is 24.8. The van der Waals surface area contributed by atoms with Gasteiger partial charge >= 0.3 is 6.01 Å². The van der Waals surface area contributed by atoms with Crippen molar-refractivity contribution in [3.63, 3.8) is 0 Å². The lowest BCUT2D eigenvalue weighted by Gasteiger charge is -2.25. The maximum absolute atomic E-state index is 8.71. The third-order valence-electron chi connectivity index (χ3n) is 2.98. The fourth-order valence-electron chi connectivity index (χ4n) is 1.96. The Morgan fingerprint density at radius 2 is 2.12 bits per heavy atom. The predicted molar refractivity (Wildman–Crippen MR) is 58.8 cm³/mol. The monoisotopic (exact) mass is 217 g/mol. The summed E-state index contributed by atoms with van der Waals surface area (Å²) in [6.45, 7) is 2.27. The van der Waals surface area contributed by atoms with Crippen LogP contribution in [0.25, 0.3) is 0 Å². The zero-order valence-corrected chi connectivity index (χ0v) is 9.39. The topological polar surface area (TPSA) is 58.8 Å². The van der Waals surface area contributed by atoms with Gasteiger partial charge in [-0.15, -0.1) is 0 Å². The standard InChI is InChI=1S/C12H15N3O/c1-9-2-4-11(5-3-9)16-12-14-7-6-10(8-13)15-12/h6-7,9,11H,2-5H2,1H3. The van der Waals surface area contributed by atoms with Gasteiger partial charge in [0, 0.05) is 6.20 Å². The van der Waals surface area contributed by atoms with E-state index >= 15 is 0 Å². The summed E-state index contributed by atoms with van der Waals surface area (Å²) in [6.07, 6.45) is 6.28. The van der Waals surface area contributed by atoms with E-state index in [0.29, 0.717) is 11.7 Å². The van der Waals surface area contributed by atoms with Gasteiger partial charge in [-0.3, -0.25) is 0 Å². The highest BCUT2D eigenvalue weighted by atomic mass is 16.5. The first-order valence-electron chi connectivity index (χ1n) is 5.67. The van der Waals surface area contributed by atoms with Crippen LogP contribution in [-0.2, 0) is 0 Å². The van der Waals surface area contributed by atoms with E-state index in [1.807, 2.05) is 6.07 Å². The van der Waals surface area contributed by atoms with E-state index in [0.717, 1.165) is 18.8 Å². The molecular weight excluding hydrogens is 202 g/mol. The number of aromatic nitrogens is 2. The largest absolute Gasteiger partial charge is 0.460 e. The lowest BCUT2D eigenvalue weighted by Crippen LogP contribution is -2.23. The quantitative estimate of drug-likeness (QED) is 0.762. The minimum atomic E-state index is 0.213. The minimum Gasteiger partial charge on any atom is -0.460 e. The van der Waals surface area contributed by atoms with Gasteiger partial charge in [0.05, 0.1) is 0 Å². The van der Waals surface area contributed by atoms with Gasteiger partial charge in [0.1, 0.15) is 17.9 Å². The van der Waals surface area contributed by atoms with Crippen LogP contribution < -0.4 is 4.74 Å². The molecule has 2 rings (SSSR count). The molecule has 1 aliphatic carbocycles. The molecule has 0 unspecified atom stereocenters. The van der Waals surface area contributed by atoms with Gasteiger partial charge < -0.3 is 4.74 Å². The van der Waals surface area contributed by atoms with Crippen LogP contribution in [0.15, 0.2) is 12.3 Å². The Labute approximate surface area is 95.3 Å². The van der Waals surface area contributed by atoms with E-state index in [4.69, 9.17) is 10.00 Å². The average Bonchev–Trinajstić information content (AvgIpc) is 2.32. The fraction of sp³-hybridized carbons (Fsp3) is 0.583. The molecule has 1 fully saturated rings. The van der Waals surface area contributed by atoms with Gasteiger partial charge in [0.15, 0.2) is 0 Å². The van der Waals surface area contributed by atoms with Gasteiger partial charge in [0.25, 0.3) is 0 Å². The second kappa shape index (κ2) is 4.93. The predicted octanol–water partition coefficient (Wildman–Crippen LogP) is 2.31. The van der Waals surface area contributed by atoms with Crippen molar-refractivity contribution in [3.8, 4) is 12.1 Å². The van der Waals surface area contributed by atoms with Crippen molar-refractivity contribution in [2.45, 2.75) is 38.7 Å². The lowest BCUT2D eigenvalue weighted by atomic mass is 9.89. The molecule has 1 saturated carbocycles. The van der Waals surface area contributed by atoms with Gasteiger partial charge in [-0.1, -0.05) is 6.92 Å². The van der Waals surface area contributed by atoms with Crippen molar-refractivity contribution < 1.29 is 4.74 Å². The molecule has 0 amide bonds. The Hall–Kier alpha value is -1.63. The number of hydrogen-bond acceptors (Lipinski definition) is 4. The molecule has 16 heavy (non-hydrogen) atoms. The van der Waals surface area contributed by atoms with Crippen LogP contribution in [0.1, 0.15) is 38.3 Å². The summed E-state index contributed by atoms with van der Waals surface area (Å²) >= 11 is 0. The van der Waals surface area contributed by atoms with Crippen LogP contribution in [0.3, 0.4) is 0 Å². The molecule has 1 heterocycles. The van der Waals surface area contributed by atoms with E-state index in [2.05, 4.69) is 16.9 Å². The third-order valence-corrected chi connectivity index (χ3v) is 2.98. The molecule has 0 spiro atoms. The van der Waals surface area contributed by atoms with Gasteiger partial charge in [-0.25, -0.2) is 4.98 Å². The molecule has 1 aromatic rings. The lowest BCUT2D eigenvalue weighted by molar-refractivity contribution is 0.124. The van der Waals surface area contributed by atoms with Gasteiger partial charge in [0.2, 0.25) is 0 Å². The Kier molecular flexibility index (Phi) is 3.35. The van der Waals surface area contributed by atoms with Crippen molar-refractivity contribution in [2.24, 2.45) is 5.92 Å². The van der Waals surface area contributed by atoms with E-state index in [9.17, 15) is 0 Å². The molecule has 0 N–H and O–H groups in total. The Morgan fingerprint density at radius 3 is 2.81 bits per heavy atom. The Morgan fingerprint density at radius 1 is 1.38 bits per heavy atom. The summed E-state index contributed by atoms with van der Waals surface area (Å²) in [7, 11) is 0. The number of ether oxygens (including phenoxy) is 1. The molecule has 0 atom stereocenters. The molecule has 0 bridgehead atoms. The molecule has 0 aliphatic heterocycles. The first-order valence-corrected chi connectivity index (χ1v) is 5.67. The smallest absolute Gasteiger partial charge is 0.317 e. The summed E-state index contributed by atoms with van der Waals surface area (Å²) in [5.41, 5.74) is 0.356. The van der Waals surface area contributed by atoms with Crippen LogP contribution in [0.2, 0.25) is 0 Å². The maximum atomic E-state index is 8.71. The molecule has 4 heteroatoms. The molecule has 84 valence electrons. The summed E-state index contributed by atoms with van der Waals surface area (Å²) in [5, 5.41) is 8.71. The van der Waals surface area contributed by atoms with Crippen molar-refractivity contribution in [1.82, 2.24) is 9.97 Å². The van der Waals surface area contributed by atoms with Crippen molar-refractivity contribution in [3.05, 3.63) is 18.0 Å². The highest BCUT2D eigenvalue weighted by Crippen LogP contribution is 2.25. The SMILES string of the molecule is CC1CCC(Oc2nccc(C#N)n2)CC1. The van der Waals surface area contributed by atoms with Crippen molar-refractivity contribution in [2.75, 3.05) is 0 Å². The highest BCUT2D eigenvalue weighted by Gasteiger charge is 2.20. The number of nitriles is 1. The number of nitrogens with zero attached hydrogens (tertiary/aromatic N) is 3. The van der Waals surface area contributed by atoms with Crippen molar-refractivity contribution >= 4 is 0 Å². The third kappa shape index (κ3) is 2.69. The zero-order chi connectivity index (χ0) is 11.4. The second-order valence-electron chi connectivity index (χ2n) is 4.34. The number of rotatable bonds is 2. The second-order valence-corrected chi connectivity index (χ2v) is 4.34. The first kappa shape index (κ1) is 10.9. The fourth-order valence-corrected chi connectivity index (χ4v) is 1.96. The number of hydrogen-bond donors (Lipinski definition) is 0. The molecule has 4 nitrogen and oxygen atoms in total. The van der Waals surface area contributed by atoms with E-state index < -0.39 is 0 Å². The molecule has 0 aromatic carbocycles. The Bertz CT molecular complexity index is 391. The Balaban J connectivity index is 1.96. The zero-order valence-electron chi connectivity index (χ0n) is 9.39. The average molecular weight is 217 g/mol. The maximum Gasteiger partial charge on any atom is 0.317 e. The molecular formula is C12H15N3O. The molecule has 1 aromatic heterocycles. The van der Waals surface area contributed by atoms with Crippen LogP contribution in [0, 0.1) is 17.2 Å². The molecule has 0 radical (unpaired) electrons. The summed E-state index contributed by atoms with van der Waals surface area (Å²) < 4.78 is 5.67. The van der Waals surface area contributed by atoms with Crippen molar-refractivity contribution in [1.29, 1.82) is 5.26 Å². The summed E-state index contributed by atoms with van der Waals surface area (Å²) in [6, 6.07) is 3.89. The molecule has 1 aliphatic rings. The van der Waals surface area contributed by atoms with E-state index in [1.54, 1.807) is 12.3 Å². The minimum absolute atomic E-state index is 0.213. The van der Waals surface area contributed by atoms with Gasteiger partial charge in [-0.05, 0) is 37.7 Å².